The highest BCUT2D eigenvalue weighted by Gasteiger charge is 2.30. The number of amides is 2. The maximum absolute atomic E-state index is 12.4. The number of nitrogens with one attached hydrogen (secondary N) is 2. The van der Waals surface area contributed by atoms with Crippen LogP contribution in [0.15, 0.2) is 41.1 Å². The lowest BCUT2D eigenvalue weighted by molar-refractivity contribution is -0.121. The van der Waals surface area contributed by atoms with Crippen molar-refractivity contribution in [2.75, 3.05) is 12.4 Å². The van der Waals surface area contributed by atoms with Crippen LogP contribution in [0.2, 0.25) is 0 Å². The third kappa shape index (κ3) is 4.80. The van der Waals surface area contributed by atoms with Crippen LogP contribution in [0, 0.1) is 0 Å². The Labute approximate surface area is 154 Å². The van der Waals surface area contributed by atoms with Crippen LogP contribution in [0.4, 0.5) is 5.69 Å². The molecule has 0 radical (unpaired) electrons. The fourth-order valence-corrected chi connectivity index (χ4v) is 2.19. The first-order chi connectivity index (χ1) is 10.8. The zero-order valence-electron chi connectivity index (χ0n) is 13.2. The number of hydrogen-bond donors (Lipinski definition) is 3. The van der Waals surface area contributed by atoms with Crippen molar-refractivity contribution in [2.24, 2.45) is 5.73 Å². The van der Waals surface area contributed by atoms with Gasteiger partial charge in [-0.1, -0.05) is 28.1 Å². The van der Waals surface area contributed by atoms with E-state index in [4.69, 9.17) is 5.73 Å². The molecule has 0 spiro atoms. The molecule has 1 atom stereocenters. The molecule has 2 amide bonds. The van der Waals surface area contributed by atoms with Crippen molar-refractivity contribution < 1.29 is 9.59 Å². The second-order valence-corrected chi connectivity index (χ2v) is 6.18. The Balaban J connectivity index is 0.00000288. The molecular formula is C15H19BrClN5O2. The zero-order chi connectivity index (χ0) is 17.0. The minimum atomic E-state index is -1.19. The molecule has 24 heavy (non-hydrogen) atoms. The molecule has 1 heterocycles. The second-order valence-electron chi connectivity index (χ2n) is 5.26. The second kappa shape index (κ2) is 8.27. The van der Waals surface area contributed by atoms with Gasteiger partial charge in [0.2, 0.25) is 11.8 Å². The number of carbonyl (C=O) groups excluding carboxylic acids is 2. The van der Waals surface area contributed by atoms with Gasteiger partial charge in [-0.15, -0.1) is 12.4 Å². The number of aromatic nitrogens is 2. The first kappa shape index (κ1) is 20.1. The van der Waals surface area contributed by atoms with Gasteiger partial charge in [-0.3, -0.25) is 14.3 Å². The number of nitrogens with two attached hydrogens (primary N) is 1. The average molecular weight is 417 g/mol. The predicted molar refractivity (Wildman–Crippen MR) is 97.9 cm³/mol. The van der Waals surface area contributed by atoms with E-state index >= 15 is 0 Å². The van der Waals surface area contributed by atoms with Crippen LogP contribution >= 0.6 is 28.3 Å². The Bertz CT molecular complexity index is 715. The largest absolute Gasteiger partial charge is 0.358 e. The summed E-state index contributed by atoms with van der Waals surface area (Å²) in [5, 5.41) is 9.24. The molecule has 1 unspecified atom stereocenters. The van der Waals surface area contributed by atoms with Gasteiger partial charge in [0.1, 0.15) is 12.1 Å². The quantitative estimate of drug-likeness (QED) is 0.689. The van der Waals surface area contributed by atoms with E-state index in [1.54, 1.807) is 32.3 Å². The van der Waals surface area contributed by atoms with E-state index in [9.17, 15) is 9.59 Å². The van der Waals surface area contributed by atoms with Gasteiger partial charge in [-0.2, -0.15) is 5.10 Å². The standard InChI is InChI=1S/C15H18BrN5O2.ClH/c1-15(17,10-3-5-11(16)6-4-10)14(23)20-12-7-19-21(8-12)9-13(22)18-2;/h3-8H,9,17H2,1-2H3,(H,18,22)(H,20,23);1H. The molecular weight excluding hydrogens is 398 g/mol. The molecule has 0 saturated carbocycles. The summed E-state index contributed by atoms with van der Waals surface area (Å²) >= 11 is 3.35. The van der Waals surface area contributed by atoms with Gasteiger partial charge < -0.3 is 16.4 Å². The highest BCUT2D eigenvalue weighted by atomic mass is 79.9. The number of benzene rings is 1. The van der Waals surface area contributed by atoms with Crippen molar-refractivity contribution in [2.45, 2.75) is 19.0 Å². The Morgan fingerprint density at radius 3 is 2.54 bits per heavy atom. The van der Waals surface area contributed by atoms with Crippen LogP contribution in [-0.4, -0.2) is 28.6 Å². The van der Waals surface area contributed by atoms with Crippen molar-refractivity contribution in [1.29, 1.82) is 0 Å². The zero-order valence-corrected chi connectivity index (χ0v) is 15.6. The molecule has 9 heteroatoms. The van der Waals surface area contributed by atoms with Crippen molar-refractivity contribution >= 4 is 45.8 Å². The van der Waals surface area contributed by atoms with Crippen molar-refractivity contribution in [1.82, 2.24) is 15.1 Å². The van der Waals surface area contributed by atoms with E-state index in [0.717, 1.165) is 4.47 Å². The fourth-order valence-electron chi connectivity index (χ4n) is 1.93. The molecule has 0 aliphatic heterocycles. The van der Waals surface area contributed by atoms with Gasteiger partial charge in [0, 0.05) is 17.7 Å². The van der Waals surface area contributed by atoms with Crippen LogP contribution in [0.1, 0.15) is 12.5 Å². The lowest BCUT2D eigenvalue weighted by Crippen LogP contribution is -2.45. The normalized spacial score (nSPS) is 12.7. The summed E-state index contributed by atoms with van der Waals surface area (Å²) in [6, 6.07) is 7.24. The summed E-state index contributed by atoms with van der Waals surface area (Å²) in [5.74, 6) is -0.538. The third-order valence-electron chi connectivity index (χ3n) is 3.39. The fraction of sp³-hybridized carbons (Fsp3) is 0.267. The minimum Gasteiger partial charge on any atom is -0.358 e. The Morgan fingerprint density at radius 1 is 1.33 bits per heavy atom. The van der Waals surface area contributed by atoms with Crippen LogP contribution in [0.3, 0.4) is 0 Å². The average Bonchev–Trinajstić information content (AvgIpc) is 2.94. The highest BCUT2D eigenvalue weighted by molar-refractivity contribution is 9.10. The smallest absolute Gasteiger partial charge is 0.248 e. The lowest BCUT2D eigenvalue weighted by atomic mass is 9.92. The molecule has 0 aliphatic carbocycles. The number of rotatable bonds is 5. The maximum atomic E-state index is 12.4. The number of halogens is 2. The third-order valence-corrected chi connectivity index (χ3v) is 3.92. The molecule has 4 N–H and O–H groups in total. The Hall–Kier alpha value is -1.90. The number of likely N-dealkylation sites (N-methyl/N-ethyl adjacent to an activating group) is 1. The number of anilines is 1. The van der Waals surface area contributed by atoms with Gasteiger partial charge in [0.25, 0.3) is 0 Å². The Morgan fingerprint density at radius 2 is 1.96 bits per heavy atom. The summed E-state index contributed by atoms with van der Waals surface area (Å²) < 4.78 is 2.34. The van der Waals surface area contributed by atoms with E-state index in [1.165, 1.54) is 10.9 Å². The van der Waals surface area contributed by atoms with Crippen molar-refractivity contribution in [3.8, 4) is 0 Å². The highest BCUT2D eigenvalue weighted by Crippen LogP contribution is 2.22. The van der Waals surface area contributed by atoms with E-state index in [-0.39, 0.29) is 30.8 Å². The summed E-state index contributed by atoms with van der Waals surface area (Å²) in [5.41, 5.74) is 6.15. The van der Waals surface area contributed by atoms with Gasteiger partial charge in [0.15, 0.2) is 0 Å². The molecule has 130 valence electrons. The van der Waals surface area contributed by atoms with Crippen molar-refractivity contribution in [3.05, 3.63) is 46.7 Å². The monoisotopic (exact) mass is 415 g/mol. The van der Waals surface area contributed by atoms with Gasteiger partial charge >= 0.3 is 0 Å². The van der Waals surface area contributed by atoms with Crippen molar-refractivity contribution in [3.63, 3.8) is 0 Å². The number of carbonyl (C=O) groups is 2. The lowest BCUT2D eigenvalue weighted by Gasteiger charge is -2.23. The maximum Gasteiger partial charge on any atom is 0.248 e. The molecule has 0 fully saturated rings. The molecule has 2 aromatic rings. The van der Waals surface area contributed by atoms with Crippen LogP contribution in [-0.2, 0) is 21.7 Å². The summed E-state index contributed by atoms with van der Waals surface area (Å²) in [6.07, 6.45) is 3.04. The number of nitrogens with zero attached hydrogens (tertiary/aromatic N) is 2. The van der Waals surface area contributed by atoms with E-state index in [0.29, 0.717) is 11.3 Å². The molecule has 0 bridgehead atoms. The van der Waals surface area contributed by atoms with Crippen LogP contribution in [0.5, 0.6) is 0 Å². The van der Waals surface area contributed by atoms with E-state index in [1.807, 2.05) is 12.1 Å². The van der Waals surface area contributed by atoms with Gasteiger partial charge in [-0.25, -0.2) is 0 Å². The minimum absolute atomic E-state index is 0. The van der Waals surface area contributed by atoms with Crippen LogP contribution < -0.4 is 16.4 Å². The van der Waals surface area contributed by atoms with E-state index in [2.05, 4.69) is 31.7 Å². The number of hydrogen-bond acceptors (Lipinski definition) is 4. The first-order valence-electron chi connectivity index (χ1n) is 6.92. The predicted octanol–water partition coefficient (Wildman–Crippen LogP) is 1.63. The first-order valence-corrected chi connectivity index (χ1v) is 7.71. The summed E-state index contributed by atoms with van der Waals surface area (Å²) in [7, 11) is 1.55. The van der Waals surface area contributed by atoms with E-state index < -0.39 is 5.54 Å². The molecule has 2 rings (SSSR count). The van der Waals surface area contributed by atoms with Gasteiger partial charge in [-0.05, 0) is 24.6 Å². The molecule has 7 nitrogen and oxygen atoms in total. The summed E-state index contributed by atoms with van der Waals surface area (Å²) in [6.45, 7) is 1.72. The van der Waals surface area contributed by atoms with Gasteiger partial charge in [0.05, 0.1) is 11.9 Å². The Kier molecular flexibility index (Phi) is 6.94. The topological polar surface area (TPSA) is 102 Å². The van der Waals surface area contributed by atoms with Crippen LogP contribution in [0.25, 0.3) is 0 Å². The molecule has 1 aromatic heterocycles. The molecule has 0 saturated heterocycles. The SMILES string of the molecule is CNC(=O)Cn1cc(NC(=O)C(C)(N)c2ccc(Br)cc2)cn1.Cl. The molecule has 1 aromatic carbocycles. The molecule has 0 aliphatic rings. The summed E-state index contributed by atoms with van der Waals surface area (Å²) in [4.78, 5) is 23.7.